The van der Waals surface area contributed by atoms with E-state index in [1.807, 2.05) is 0 Å². The van der Waals surface area contributed by atoms with Gasteiger partial charge in [0, 0.05) is 36.9 Å². The third-order valence-electron chi connectivity index (χ3n) is 4.74. The fourth-order valence-corrected chi connectivity index (χ4v) is 3.39. The van der Waals surface area contributed by atoms with Crippen LogP contribution < -0.4 is 5.32 Å². The summed E-state index contributed by atoms with van der Waals surface area (Å²) in [4.78, 5) is 28.9. The lowest BCUT2D eigenvalue weighted by molar-refractivity contribution is 0.0444. The Labute approximate surface area is 138 Å². The molecular formula is C18H29N3O2. The van der Waals surface area contributed by atoms with Crippen molar-refractivity contribution in [3.05, 3.63) is 23.5 Å². The summed E-state index contributed by atoms with van der Waals surface area (Å²) in [6.45, 7) is 13.2. The second kappa shape index (κ2) is 6.87. The number of nitrogens with one attached hydrogen (secondary N) is 2. The molecule has 2 rings (SSSR count). The molecule has 0 aliphatic carbocycles. The van der Waals surface area contributed by atoms with E-state index in [1.165, 1.54) is 13.3 Å². The molecule has 2 atom stereocenters. The van der Waals surface area contributed by atoms with Crippen molar-refractivity contribution < 1.29 is 9.59 Å². The number of aromatic nitrogens is 1. The van der Waals surface area contributed by atoms with Crippen molar-refractivity contribution in [2.45, 2.75) is 46.6 Å². The molecular weight excluding hydrogens is 290 g/mol. The molecule has 1 aromatic heterocycles. The van der Waals surface area contributed by atoms with Gasteiger partial charge in [0.05, 0.1) is 0 Å². The van der Waals surface area contributed by atoms with Crippen LogP contribution in [0.15, 0.2) is 12.3 Å². The van der Waals surface area contributed by atoms with Gasteiger partial charge in [0.1, 0.15) is 5.69 Å². The van der Waals surface area contributed by atoms with E-state index in [1.54, 1.807) is 12.3 Å². The molecule has 23 heavy (non-hydrogen) atoms. The number of likely N-dealkylation sites (tertiary alicyclic amines) is 1. The lowest BCUT2D eigenvalue weighted by Gasteiger charge is -2.45. The van der Waals surface area contributed by atoms with Crippen LogP contribution in [0.4, 0.5) is 0 Å². The molecule has 2 N–H and O–H groups in total. The minimum absolute atomic E-state index is 0.0445. The first-order valence-corrected chi connectivity index (χ1v) is 8.41. The van der Waals surface area contributed by atoms with Crippen LogP contribution in [0.25, 0.3) is 0 Å². The molecule has 1 fully saturated rings. The summed E-state index contributed by atoms with van der Waals surface area (Å²) in [6.07, 6.45) is 2.85. The maximum absolute atomic E-state index is 12.3. The second-order valence-corrected chi connectivity index (χ2v) is 7.70. The predicted octanol–water partition coefficient (Wildman–Crippen LogP) is 2.70. The number of aromatic amines is 1. The summed E-state index contributed by atoms with van der Waals surface area (Å²) in [5.41, 5.74) is 0.883. The molecule has 0 aromatic carbocycles. The zero-order chi connectivity index (χ0) is 17.2. The number of amides is 1. The Hall–Kier alpha value is -1.62. The van der Waals surface area contributed by atoms with Crippen molar-refractivity contribution in [1.29, 1.82) is 0 Å². The molecule has 5 nitrogen and oxygen atoms in total. The fourth-order valence-electron chi connectivity index (χ4n) is 3.39. The third kappa shape index (κ3) is 4.44. The fraction of sp³-hybridized carbons (Fsp3) is 0.667. The number of nitrogens with zero attached hydrogens (tertiary/aromatic N) is 1. The number of carbonyl (C=O) groups is 2. The number of rotatable bonds is 5. The molecule has 1 amide bonds. The number of hydrogen-bond donors (Lipinski definition) is 2. The van der Waals surface area contributed by atoms with Gasteiger partial charge >= 0.3 is 0 Å². The van der Waals surface area contributed by atoms with Crippen LogP contribution in [0.3, 0.4) is 0 Å². The average molecular weight is 319 g/mol. The third-order valence-corrected chi connectivity index (χ3v) is 4.74. The van der Waals surface area contributed by atoms with Crippen molar-refractivity contribution >= 4 is 11.7 Å². The number of Topliss-reactive ketones (excluding diaryl/α,β-unsaturated/α-hetero) is 1. The molecule has 5 heteroatoms. The van der Waals surface area contributed by atoms with Crippen LogP contribution in [0.5, 0.6) is 0 Å². The summed E-state index contributed by atoms with van der Waals surface area (Å²) >= 11 is 0. The lowest BCUT2D eigenvalue weighted by atomic mass is 9.88. The normalized spacial score (nSPS) is 22.8. The second-order valence-electron chi connectivity index (χ2n) is 7.70. The van der Waals surface area contributed by atoms with E-state index in [2.05, 4.69) is 42.9 Å². The summed E-state index contributed by atoms with van der Waals surface area (Å²) in [5, 5.41) is 3.00. The van der Waals surface area contributed by atoms with Gasteiger partial charge in [-0.05, 0) is 45.1 Å². The van der Waals surface area contributed by atoms with Gasteiger partial charge in [-0.15, -0.1) is 0 Å². The Morgan fingerprint density at radius 2 is 1.91 bits per heavy atom. The quantitative estimate of drug-likeness (QED) is 0.820. The summed E-state index contributed by atoms with van der Waals surface area (Å²) in [5.74, 6) is 1.17. The van der Waals surface area contributed by atoms with E-state index in [-0.39, 0.29) is 17.2 Å². The van der Waals surface area contributed by atoms with Crippen molar-refractivity contribution in [2.75, 3.05) is 19.6 Å². The first kappa shape index (κ1) is 17.7. The van der Waals surface area contributed by atoms with Gasteiger partial charge in [0.15, 0.2) is 5.78 Å². The molecule has 1 saturated heterocycles. The number of H-pyrrole nitrogens is 1. The van der Waals surface area contributed by atoms with E-state index in [0.29, 0.717) is 29.6 Å². The summed E-state index contributed by atoms with van der Waals surface area (Å²) in [7, 11) is 0. The van der Waals surface area contributed by atoms with E-state index in [9.17, 15) is 9.59 Å². The number of piperidine rings is 1. The lowest BCUT2D eigenvalue weighted by Crippen LogP contribution is -2.56. The Balaban J connectivity index is 1.95. The van der Waals surface area contributed by atoms with Crippen molar-refractivity contribution in [2.24, 2.45) is 11.8 Å². The van der Waals surface area contributed by atoms with Crippen LogP contribution in [0.2, 0.25) is 0 Å². The molecule has 128 valence electrons. The Morgan fingerprint density at radius 3 is 2.43 bits per heavy atom. The number of hydrogen-bond acceptors (Lipinski definition) is 3. The summed E-state index contributed by atoms with van der Waals surface area (Å²) in [6, 6.07) is 1.61. The smallest absolute Gasteiger partial charge is 0.267 e. The molecule has 1 aliphatic rings. The molecule has 0 saturated carbocycles. The van der Waals surface area contributed by atoms with Crippen molar-refractivity contribution in [3.63, 3.8) is 0 Å². The largest absolute Gasteiger partial charge is 0.356 e. The van der Waals surface area contributed by atoms with E-state index >= 15 is 0 Å². The van der Waals surface area contributed by atoms with Crippen molar-refractivity contribution in [3.8, 4) is 0 Å². The first-order chi connectivity index (χ1) is 10.7. The van der Waals surface area contributed by atoms with Crippen molar-refractivity contribution in [1.82, 2.24) is 15.2 Å². The molecule has 0 unspecified atom stereocenters. The standard InChI is InChI=1S/C18H29N3O2/c1-12-6-13(2)10-21(9-12)18(4,5)11-20-17(23)16-7-15(8-19-16)14(3)22/h7-8,12-13,19H,6,9-11H2,1-5H3,(H,20,23)/t12-,13-/m1/s1. The van der Waals surface area contributed by atoms with Gasteiger partial charge in [0.25, 0.3) is 5.91 Å². The van der Waals surface area contributed by atoms with Gasteiger partial charge < -0.3 is 10.3 Å². The highest BCUT2D eigenvalue weighted by molar-refractivity contribution is 5.99. The molecule has 0 radical (unpaired) electrons. The van der Waals surface area contributed by atoms with Crippen LogP contribution in [-0.2, 0) is 0 Å². The zero-order valence-electron chi connectivity index (χ0n) is 14.9. The van der Waals surface area contributed by atoms with Gasteiger partial charge in [0.2, 0.25) is 0 Å². The molecule has 1 aromatic rings. The maximum Gasteiger partial charge on any atom is 0.267 e. The van der Waals surface area contributed by atoms with Gasteiger partial charge in [-0.1, -0.05) is 13.8 Å². The number of carbonyl (C=O) groups excluding carboxylic acids is 2. The topological polar surface area (TPSA) is 65.2 Å². The van der Waals surface area contributed by atoms with Crippen LogP contribution in [-0.4, -0.2) is 46.7 Å². The van der Waals surface area contributed by atoms with Gasteiger partial charge in [-0.3, -0.25) is 14.5 Å². The minimum Gasteiger partial charge on any atom is -0.356 e. The van der Waals surface area contributed by atoms with Gasteiger partial charge in [-0.2, -0.15) is 0 Å². The highest BCUT2D eigenvalue weighted by Gasteiger charge is 2.33. The van der Waals surface area contributed by atoms with Crippen LogP contribution in [0, 0.1) is 11.8 Å². The highest BCUT2D eigenvalue weighted by Crippen LogP contribution is 2.26. The van der Waals surface area contributed by atoms with E-state index in [0.717, 1.165) is 13.1 Å². The minimum atomic E-state index is -0.163. The maximum atomic E-state index is 12.3. The average Bonchev–Trinajstić information content (AvgIpc) is 2.94. The Bertz CT molecular complexity index is 567. The van der Waals surface area contributed by atoms with E-state index < -0.39 is 0 Å². The molecule has 2 heterocycles. The molecule has 1 aliphatic heterocycles. The highest BCUT2D eigenvalue weighted by atomic mass is 16.2. The Morgan fingerprint density at radius 1 is 1.30 bits per heavy atom. The predicted molar refractivity (Wildman–Crippen MR) is 91.7 cm³/mol. The Kier molecular flexibility index (Phi) is 5.30. The molecule has 0 bridgehead atoms. The van der Waals surface area contributed by atoms with Crippen LogP contribution >= 0.6 is 0 Å². The van der Waals surface area contributed by atoms with Gasteiger partial charge in [-0.25, -0.2) is 0 Å². The SMILES string of the molecule is CC(=O)c1c[nH]c(C(=O)NCC(C)(C)N2C[C@H](C)C[C@@H](C)C2)c1. The summed E-state index contributed by atoms with van der Waals surface area (Å²) < 4.78 is 0. The monoisotopic (exact) mass is 319 g/mol. The molecule has 0 spiro atoms. The zero-order valence-corrected chi connectivity index (χ0v) is 14.9. The van der Waals surface area contributed by atoms with E-state index in [4.69, 9.17) is 0 Å². The first-order valence-electron chi connectivity index (χ1n) is 8.41. The number of ketones is 1. The van der Waals surface area contributed by atoms with Crippen LogP contribution in [0.1, 0.15) is 61.9 Å².